The number of aliphatic carboxylic acids is 1. The summed E-state index contributed by atoms with van der Waals surface area (Å²) in [6.45, 7) is 1.06. The predicted molar refractivity (Wildman–Crippen MR) is 77.2 cm³/mol. The van der Waals surface area contributed by atoms with Gasteiger partial charge >= 0.3 is 11.9 Å². The normalized spacial score (nSPS) is 10.0. The van der Waals surface area contributed by atoms with Crippen molar-refractivity contribution in [1.29, 1.82) is 0 Å². The highest BCUT2D eigenvalue weighted by atomic mass is 79.9. The van der Waals surface area contributed by atoms with Gasteiger partial charge in [-0.3, -0.25) is 4.79 Å². The molecule has 0 radical (unpaired) electrons. The van der Waals surface area contributed by atoms with Crippen LogP contribution in [0.2, 0.25) is 0 Å². The zero-order valence-corrected chi connectivity index (χ0v) is 12.8. The molecule has 8 heteroatoms. The molecule has 0 spiro atoms. The van der Waals surface area contributed by atoms with Gasteiger partial charge in [-0.2, -0.15) is 0 Å². The smallest absolute Gasteiger partial charge is 0.338 e. The van der Waals surface area contributed by atoms with Crippen LogP contribution in [0.4, 0.5) is 5.69 Å². The van der Waals surface area contributed by atoms with Crippen molar-refractivity contribution in [3.05, 3.63) is 28.2 Å². The Balaban J connectivity index is 2.62. The van der Waals surface area contributed by atoms with Gasteiger partial charge in [0.15, 0.2) is 0 Å². The molecule has 0 unspecified atom stereocenters. The summed E-state index contributed by atoms with van der Waals surface area (Å²) in [4.78, 5) is 33.3. The van der Waals surface area contributed by atoms with Crippen molar-refractivity contribution in [2.24, 2.45) is 0 Å². The summed E-state index contributed by atoms with van der Waals surface area (Å²) in [5, 5.41) is 10.9. The van der Waals surface area contributed by atoms with E-state index in [9.17, 15) is 14.4 Å². The maximum absolute atomic E-state index is 11.5. The van der Waals surface area contributed by atoms with Gasteiger partial charge in [0.1, 0.15) is 13.2 Å². The second kappa shape index (κ2) is 8.38. The molecule has 0 fully saturated rings. The monoisotopic (exact) mass is 359 g/mol. The highest BCUT2D eigenvalue weighted by Crippen LogP contribution is 2.24. The number of carboxylic acid groups (broad SMARTS) is 1. The fourth-order valence-corrected chi connectivity index (χ4v) is 1.85. The quantitative estimate of drug-likeness (QED) is 0.718. The third-order valence-corrected chi connectivity index (χ3v) is 2.87. The number of ether oxygens (including phenoxy) is 2. The van der Waals surface area contributed by atoms with Crippen molar-refractivity contribution in [1.82, 2.24) is 0 Å². The standard InChI is InChI=1S/C13H14BrNO6/c1-2-21-13(19)8-3-4-10(9(14)5-8)15-11(16)6-20-7-12(17)18/h3-5H,2,6-7H2,1H3,(H,15,16)(H,17,18). The first-order valence-electron chi connectivity index (χ1n) is 6.00. The van der Waals surface area contributed by atoms with Crippen LogP contribution in [0.5, 0.6) is 0 Å². The van der Waals surface area contributed by atoms with Crippen LogP contribution >= 0.6 is 15.9 Å². The lowest BCUT2D eigenvalue weighted by atomic mass is 10.2. The highest BCUT2D eigenvalue weighted by molar-refractivity contribution is 9.10. The SMILES string of the molecule is CCOC(=O)c1ccc(NC(=O)COCC(=O)O)c(Br)c1. The molecule has 2 N–H and O–H groups in total. The topological polar surface area (TPSA) is 102 Å². The van der Waals surface area contributed by atoms with Gasteiger partial charge in [-0.25, -0.2) is 9.59 Å². The predicted octanol–water partition coefficient (Wildman–Crippen LogP) is 1.67. The van der Waals surface area contributed by atoms with Crippen molar-refractivity contribution >= 4 is 39.5 Å². The second-order valence-corrected chi connectivity index (χ2v) is 4.70. The molecule has 1 rings (SSSR count). The van der Waals surface area contributed by atoms with Crippen molar-refractivity contribution < 1.29 is 29.0 Å². The number of hydrogen-bond acceptors (Lipinski definition) is 5. The van der Waals surface area contributed by atoms with Crippen LogP contribution < -0.4 is 5.32 Å². The number of halogens is 1. The van der Waals surface area contributed by atoms with Crippen LogP contribution in [-0.4, -0.2) is 42.8 Å². The number of esters is 1. The molecule has 0 aliphatic carbocycles. The zero-order valence-electron chi connectivity index (χ0n) is 11.2. The van der Waals surface area contributed by atoms with Crippen LogP contribution in [0.1, 0.15) is 17.3 Å². The van der Waals surface area contributed by atoms with Crippen molar-refractivity contribution in [2.75, 3.05) is 25.1 Å². The van der Waals surface area contributed by atoms with E-state index in [1.807, 2.05) is 0 Å². The molecule has 0 aliphatic rings. The number of benzene rings is 1. The van der Waals surface area contributed by atoms with E-state index >= 15 is 0 Å². The number of anilines is 1. The summed E-state index contributed by atoms with van der Waals surface area (Å²) >= 11 is 3.23. The lowest BCUT2D eigenvalue weighted by Gasteiger charge is -2.09. The number of rotatable bonds is 7. The zero-order chi connectivity index (χ0) is 15.8. The average Bonchev–Trinajstić information content (AvgIpc) is 2.41. The summed E-state index contributed by atoms with van der Waals surface area (Å²) in [6, 6.07) is 4.56. The van der Waals surface area contributed by atoms with Gasteiger partial charge in [0, 0.05) is 4.47 Å². The van der Waals surface area contributed by atoms with E-state index in [1.54, 1.807) is 6.92 Å². The minimum absolute atomic E-state index is 0.274. The van der Waals surface area contributed by atoms with Crippen molar-refractivity contribution in [2.45, 2.75) is 6.92 Å². The largest absolute Gasteiger partial charge is 0.480 e. The summed E-state index contributed by atoms with van der Waals surface area (Å²) < 4.78 is 10.0. The van der Waals surface area contributed by atoms with Gasteiger partial charge in [0.25, 0.3) is 0 Å². The average molecular weight is 360 g/mol. The molecule has 0 heterocycles. The van der Waals surface area contributed by atoms with E-state index in [1.165, 1.54) is 18.2 Å². The molecule has 0 aromatic heterocycles. The second-order valence-electron chi connectivity index (χ2n) is 3.85. The van der Waals surface area contributed by atoms with E-state index in [-0.39, 0.29) is 13.2 Å². The number of nitrogens with one attached hydrogen (secondary N) is 1. The number of carbonyl (C=O) groups excluding carboxylic acids is 2. The van der Waals surface area contributed by atoms with Crippen LogP contribution in [0.25, 0.3) is 0 Å². The van der Waals surface area contributed by atoms with E-state index in [2.05, 4.69) is 26.0 Å². The lowest BCUT2D eigenvalue weighted by molar-refractivity contribution is -0.143. The molecule has 0 bridgehead atoms. The van der Waals surface area contributed by atoms with Gasteiger partial charge in [0.2, 0.25) is 5.91 Å². The van der Waals surface area contributed by atoms with Gasteiger partial charge in [0.05, 0.1) is 17.9 Å². The summed E-state index contributed by atoms with van der Waals surface area (Å²) in [7, 11) is 0. The van der Waals surface area contributed by atoms with Gasteiger partial charge in [-0.1, -0.05) is 0 Å². The fourth-order valence-electron chi connectivity index (χ4n) is 1.38. The Morgan fingerprint density at radius 1 is 1.29 bits per heavy atom. The van der Waals surface area contributed by atoms with E-state index in [0.717, 1.165) is 0 Å². The van der Waals surface area contributed by atoms with E-state index in [4.69, 9.17) is 9.84 Å². The molecule has 1 aromatic rings. The summed E-state index contributed by atoms with van der Waals surface area (Å²) in [6.07, 6.45) is 0. The van der Waals surface area contributed by atoms with Gasteiger partial charge in [-0.15, -0.1) is 0 Å². The maximum Gasteiger partial charge on any atom is 0.338 e. The maximum atomic E-state index is 11.5. The van der Waals surface area contributed by atoms with Crippen molar-refractivity contribution in [3.63, 3.8) is 0 Å². The summed E-state index contributed by atoms with van der Waals surface area (Å²) in [5.74, 6) is -2.11. The minimum atomic E-state index is -1.15. The first-order chi connectivity index (χ1) is 9.93. The Kier molecular flexibility index (Phi) is 6.83. The third kappa shape index (κ3) is 5.92. The molecule has 7 nitrogen and oxygen atoms in total. The Hall–Kier alpha value is -1.93. The number of amides is 1. The van der Waals surface area contributed by atoms with E-state index in [0.29, 0.717) is 15.7 Å². The molecule has 21 heavy (non-hydrogen) atoms. The third-order valence-electron chi connectivity index (χ3n) is 2.21. The van der Waals surface area contributed by atoms with Gasteiger partial charge in [-0.05, 0) is 41.1 Å². The molecule has 0 atom stereocenters. The van der Waals surface area contributed by atoms with Crippen LogP contribution in [-0.2, 0) is 19.1 Å². The van der Waals surface area contributed by atoms with Crippen LogP contribution in [0.3, 0.4) is 0 Å². The van der Waals surface area contributed by atoms with Crippen LogP contribution in [0.15, 0.2) is 22.7 Å². The van der Waals surface area contributed by atoms with Gasteiger partial charge < -0.3 is 19.9 Å². The molecule has 0 aliphatic heterocycles. The molecular weight excluding hydrogens is 346 g/mol. The lowest BCUT2D eigenvalue weighted by Crippen LogP contribution is -2.21. The first-order valence-corrected chi connectivity index (χ1v) is 6.79. The number of hydrogen-bond donors (Lipinski definition) is 2. The van der Waals surface area contributed by atoms with Crippen molar-refractivity contribution in [3.8, 4) is 0 Å². The number of carbonyl (C=O) groups is 3. The molecule has 0 saturated carbocycles. The number of carboxylic acids is 1. The molecule has 0 saturated heterocycles. The summed E-state index contributed by atoms with van der Waals surface area (Å²) in [5.41, 5.74) is 0.788. The Labute approximate surface area is 129 Å². The minimum Gasteiger partial charge on any atom is -0.480 e. The molecule has 1 aromatic carbocycles. The van der Waals surface area contributed by atoms with E-state index < -0.39 is 24.5 Å². The first kappa shape index (κ1) is 17.1. The molecular formula is C13H14BrNO6. The molecule has 114 valence electrons. The Morgan fingerprint density at radius 2 is 2.00 bits per heavy atom. The Bertz CT molecular complexity index is 545. The van der Waals surface area contributed by atoms with Crippen LogP contribution in [0, 0.1) is 0 Å². The Morgan fingerprint density at radius 3 is 2.57 bits per heavy atom. The highest BCUT2D eigenvalue weighted by Gasteiger charge is 2.11. The fraction of sp³-hybridized carbons (Fsp3) is 0.308. The molecule has 1 amide bonds.